The van der Waals surface area contributed by atoms with Gasteiger partial charge >= 0.3 is 173 Å². The van der Waals surface area contributed by atoms with Gasteiger partial charge in [-0.25, -0.2) is 0 Å². The molecule has 9 heteroatoms. The van der Waals surface area contributed by atoms with E-state index in [4.69, 9.17) is 16.6 Å². The Morgan fingerprint density at radius 1 is 1.03 bits per heavy atom. The van der Waals surface area contributed by atoms with Crippen LogP contribution in [-0.4, -0.2) is 58.7 Å². The van der Waals surface area contributed by atoms with Crippen LogP contribution in [0.25, 0.3) is 0 Å². The third kappa shape index (κ3) is 3.35. The number of nitrogens with zero attached hydrogens (tertiary/aromatic N) is 3. The Bertz CT molecular complexity index is 974. The van der Waals surface area contributed by atoms with Crippen molar-refractivity contribution in [1.82, 2.24) is 14.8 Å². The van der Waals surface area contributed by atoms with Gasteiger partial charge in [0.2, 0.25) is 0 Å². The first-order chi connectivity index (χ1) is 14.2. The number of fused-ring (bicyclic) bond motifs is 1. The Kier molecular flexibility index (Phi) is 4.86. The van der Waals surface area contributed by atoms with Crippen molar-refractivity contribution in [3.05, 3.63) is 72.8 Å². The second kappa shape index (κ2) is 7.52. The molecule has 2 aromatic carbocycles. The topological polar surface area (TPSA) is 101 Å². The number of benzene rings is 2. The zero-order valence-corrected chi connectivity index (χ0v) is 18.4. The number of primary amides is 1. The molecule has 3 heterocycles. The third-order valence-corrected chi connectivity index (χ3v) is 15.0. The van der Waals surface area contributed by atoms with Crippen molar-refractivity contribution in [1.29, 1.82) is 0 Å². The molecule has 1 aromatic heterocycles. The monoisotopic (exact) mass is 500 g/mol. The van der Waals surface area contributed by atoms with Crippen LogP contribution in [0.5, 0.6) is 0 Å². The number of carbonyl (C=O) groups is 1. The standard InChI is InChI=1S/C8H10N4O4.2C6H5.Sn/c9-7(15)8-10-3-12(11-8)6-1-4(14)5(2-13)16-6;2*1-2-4-6-5-3-1;/h3-6H,1-2H2,(H2,9,15);2*1-5H;/q-2;;;+2/t4-,5-,6-;;;/m0.../s1. The van der Waals surface area contributed by atoms with E-state index in [0.717, 1.165) is 7.16 Å². The predicted molar refractivity (Wildman–Crippen MR) is 106 cm³/mol. The van der Waals surface area contributed by atoms with Crippen LogP contribution in [0.2, 0.25) is 0 Å². The maximum atomic E-state index is 11.3. The van der Waals surface area contributed by atoms with Crippen LogP contribution >= 0.6 is 0 Å². The molecule has 3 atom stereocenters. The molecule has 2 aliphatic rings. The minimum atomic E-state index is -3.81. The molecule has 0 aliphatic carbocycles. The van der Waals surface area contributed by atoms with Gasteiger partial charge in [0.15, 0.2) is 0 Å². The first-order valence-corrected chi connectivity index (χ1v) is 14.6. The van der Waals surface area contributed by atoms with E-state index in [-0.39, 0.29) is 24.3 Å². The fourth-order valence-electron chi connectivity index (χ4n) is 3.89. The molecule has 2 N–H and O–H groups in total. The quantitative estimate of drug-likeness (QED) is 0.520. The van der Waals surface area contributed by atoms with E-state index in [1.54, 1.807) is 0 Å². The number of rotatable bonds is 4. The van der Waals surface area contributed by atoms with Crippen molar-refractivity contribution in [3.8, 4) is 0 Å². The first-order valence-electron chi connectivity index (χ1n) is 9.45. The van der Waals surface area contributed by atoms with E-state index in [1.807, 2.05) is 36.4 Å². The molecule has 1 amide bonds. The Morgan fingerprint density at radius 3 is 2.28 bits per heavy atom. The molecule has 29 heavy (non-hydrogen) atoms. The van der Waals surface area contributed by atoms with Gasteiger partial charge in [0.1, 0.15) is 0 Å². The van der Waals surface area contributed by atoms with Crippen LogP contribution in [0.3, 0.4) is 0 Å². The minimum absolute atomic E-state index is 0.0252. The summed E-state index contributed by atoms with van der Waals surface area (Å²) in [4.78, 5) is 15.2. The van der Waals surface area contributed by atoms with E-state index in [1.165, 1.54) is 11.0 Å². The first kappa shape index (κ1) is 18.7. The van der Waals surface area contributed by atoms with Crippen molar-refractivity contribution in [2.24, 2.45) is 5.73 Å². The second-order valence-electron chi connectivity index (χ2n) is 7.09. The molecule has 0 saturated carbocycles. The average Bonchev–Trinajstić information content (AvgIpc) is 3.41. The molecule has 8 nitrogen and oxygen atoms in total. The van der Waals surface area contributed by atoms with E-state index >= 15 is 0 Å². The molecular weight excluding hydrogens is 479 g/mol. The van der Waals surface area contributed by atoms with E-state index in [0.29, 0.717) is 13.0 Å². The summed E-state index contributed by atoms with van der Waals surface area (Å²) in [5.41, 5.74) is 5.25. The summed E-state index contributed by atoms with van der Waals surface area (Å²) in [6.07, 6.45) is 1.38. The van der Waals surface area contributed by atoms with E-state index < -0.39 is 25.1 Å². The third-order valence-electron chi connectivity index (χ3n) is 5.28. The van der Waals surface area contributed by atoms with Crippen LogP contribution in [0.4, 0.5) is 0 Å². The molecule has 148 valence electrons. The van der Waals surface area contributed by atoms with Gasteiger partial charge in [0.25, 0.3) is 0 Å². The summed E-state index contributed by atoms with van der Waals surface area (Å²) in [6, 6.07) is 20.4. The number of ether oxygens (including phenoxy) is 1. The number of hydrogen-bond donors (Lipinski definition) is 1. The Labute approximate surface area is 172 Å². The van der Waals surface area contributed by atoms with Crippen LogP contribution in [0.1, 0.15) is 23.3 Å². The maximum absolute atomic E-state index is 11.3. The van der Waals surface area contributed by atoms with Gasteiger partial charge in [-0.2, -0.15) is 0 Å². The van der Waals surface area contributed by atoms with E-state index in [9.17, 15) is 4.79 Å². The van der Waals surface area contributed by atoms with Gasteiger partial charge in [-0.15, -0.1) is 0 Å². The van der Waals surface area contributed by atoms with Crippen molar-refractivity contribution in [2.45, 2.75) is 24.9 Å². The molecule has 3 aromatic rings. The van der Waals surface area contributed by atoms with Crippen LogP contribution in [0, 0.1) is 0 Å². The van der Waals surface area contributed by atoms with E-state index in [2.05, 4.69) is 34.3 Å². The molecular formula is C20H20N4O4Sn. The summed E-state index contributed by atoms with van der Waals surface area (Å²) < 4.78 is 23.2. The van der Waals surface area contributed by atoms with Gasteiger partial charge in [-0.1, -0.05) is 0 Å². The average molecular weight is 499 g/mol. The number of amides is 1. The summed E-state index contributed by atoms with van der Waals surface area (Å²) in [5, 5.41) is 4.13. The van der Waals surface area contributed by atoms with Gasteiger partial charge in [-0.05, 0) is 0 Å². The summed E-state index contributed by atoms with van der Waals surface area (Å²) in [7, 11) is 0. The van der Waals surface area contributed by atoms with Crippen molar-refractivity contribution in [3.63, 3.8) is 0 Å². The Morgan fingerprint density at radius 2 is 1.69 bits per heavy atom. The Hall–Kier alpha value is -2.27. The van der Waals surface area contributed by atoms with Gasteiger partial charge in [-0.3, -0.25) is 0 Å². The van der Waals surface area contributed by atoms with Crippen molar-refractivity contribution < 1.29 is 15.7 Å². The van der Waals surface area contributed by atoms with Crippen molar-refractivity contribution >= 4 is 32.3 Å². The number of hydrogen-bond acceptors (Lipinski definition) is 6. The summed E-state index contributed by atoms with van der Waals surface area (Å²) >= 11 is -3.81. The molecule has 0 unspecified atom stereocenters. The molecule has 5 rings (SSSR count). The fourth-order valence-corrected chi connectivity index (χ4v) is 13.4. The predicted octanol–water partition coefficient (Wildman–Crippen LogP) is 0.336. The van der Waals surface area contributed by atoms with Crippen LogP contribution in [-0.2, 0) is 10.9 Å². The van der Waals surface area contributed by atoms with Crippen LogP contribution in [0.15, 0.2) is 67.0 Å². The second-order valence-corrected chi connectivity index (χ2v) is 15.4. The van der Waals surface area contributed by atoms with Gasteiger partial charge < -0.3 is 0 Å². The zero-order chi connectivity index (χ0) is 19.8. The summed E-state index contributed by atoms with van der Waals surface area (Å²) in [5.74, 6) is -0.690. The molecule has 0 spiro atoms. The molecule has 2 saturated heterocycles. The summed E-state index contributed by atoms with van der Waals surface area (Å²) in [6.45, 7) is 0.457. The number of carbonyl (C=O) groups excluding carboxylic acids is 1. The van der Waals surface area contributed by atoms with Crippen LogP contribution < -0.4 is 12.9 Å². The number of aromatic nitrogens is 3. The SMILES string of the molecule is NC(=O)c1ncn([C@@H]2C[C@@H]3[O][Sn]([c]4ccccc4)([c]4ccccc4)[O]C[C@@H]3O2)n1. The van der Waals surface area contributed by atoms with Gasteiger partial charge in [0.05, 0.1) is 0 Å². The van der Waals surface area contributed by atoms with Crippen molar-refractivity contribution in [2.75, 3.05) is 6.61 Å². The number of nitrogens with two attached hydrogens (primary N) is 1. The molecule has 0 bridgehead atoms. The van der Waals surface area contributed by atoms with Gasteiger partial charge in [0, 0.05) is 0 Å². The zero-order valence-electron chi connectivity index (χ0n) is 15.5. The Balaban J connectivity index is 1.45. The normalized spacial score (nSPS) is 25.4. The molecule has 2 aliphatic heterocycles. The fraction of sp³-hybridized carbons (Fsp3) is 0.250. The molecule has 2 fully saturated rings. The molecule has 0 radical (unpaired) electrons.